The Labute approximate surface area is 107 Å². The second kappa shape index (κ2) is 4.74. The quantitative estimate of drug-likeness (QED) is 0.898. The van der Waals surface area contributed by atoms with Crippen molar-refractivity contribution in [2.24, 2.45) is 5.73 Å². The molecule has 0 saturated carbocycles. The normalized spacial score (nSPS) is 11.3. The van der Waals surface area contributed by atoms with Crippen LogP contribution in [0.5, 0.6) is 5.75 Å². The van der Waals surface area contributed by atoms with Crippen molar-refractivity contribution in [3.8, 4) is 17.0 Å². The lowest BCUT2D eigenvalue weighted by molar-refractivity contribution is 0.415. The van der Waals surface area contributed by atoms with Gasteiger partial charge in [0.1, 0.15) is 11.6 Å². The lowest BCUT2D eigenvalue weighted by Gasteiger charge is -2.17. The third kappa shape index (κ3) is 2.65. The van der Waals surface area contributed by atoms with E-state index in [1.54, 1.807) is 13.3 Å². The van der Waals surface area contributed by atoms with Crippen LogP contribution in [0.25, 0.3) is 11.3 Å². The molecule has 18 heavy (non-hydrogen) atoms. The van der Waals surface area contributed by atoms with E-state index in [2.05, 4.69) is 9.97 Å². The number of hydrogen-bond donors (Lipinski definition) is 1. The summed E-state index contributed by atoms with van der Waals surface area (Å²) in [6, 6.07) is 9.62. The van der Waals surface area contributed by atoms with E-state index in [1.807, 2.05) is 44.2 Å². The molecule has 94 valence electrons. The standard InChI is InChI=1S/C14H17N3O/c1-14(2,15)13-16-8-7-12(17-13)10-5-4-6-11(9-10)18-3/h4-9H,15H2,1-3H3. The highest BCUT2D eigenvalue weighted by Crippen LogP contribution is 2.23. The first-order chi connectivity index (χ1) is 8.50. The Bertz CT molecular complexity index is 547. The lowest BCUT2D eigenvalue weighted by atomic mass is 10.1. The molecule has 1 heterocycles. The van der Waals surface area contributed by atoms with E-state index < -0.39 is 5.54 Å². The largest absolute Gasteiger partial charge is 0.497 e. The van der Waals surface area contributed by atoms with Crippen LogP contribution in [-0.4, -0.2) is 17.1 Å². The van der Waals surface area contributed by atoms with Crippen molar-refractivity contribution in [1.82, 2.24) is 9.97 Å². The van der Waals surface area contributed by atoms with Crippen LogP contribution >= 0.6 is 0 Å². The number of aromatic nitrogens is 2. The van der Waals surface area contributed by atoms with Crippen LogP contribution in [-0.2, 0) is 5.54 Å². The molecule has 0 aliphatic rings. The van der Waals surface area contributed by atoms with Gasteiger partial charge in [-0.25, -0.2) is 9.97 Å². The summed E-state index contributed by atoms with van der Waals surface area (Å²) in [5.41, 5.74) is 7.30. The molecule has 0 spiro atoms. The van der Waals surface area contributed by atoms with Crippen LogP contribution in [0.15, 0.2) is 36.5 Å². The van der Waals surface area contributed by atoms with Crippen LogP contribution < -0.4 is 10.5 Å². The summed E-state index contributed by atoms with van der Waals surface area (Å²) >= 11 is 0. The van der Waals surface area contributed by atoms with Crippen LogP contribution in [0.3, 0.4) is 0 Å². The second-order valence-electron chi connectivity index (χ2n) is 4.72. The minimum atomic E-state index is -0.547. The van der Waals surface area contributed by atoms with Gasteiger partial charge < -0.3 is 10.5 Å². The molecule has 0 atom stereocenters. The third-order valence-electron chi connectivity index (χ3n) is 2.60. The van der Waals surface area contributed by atoms with E-state index in [1.165, 1.54) is 0 Å². The van der Waals surface area contributed by atoms with Gasteiger partial charge in [-0.2, -0.15) is 0 Å². The van der Waals surface area contributed by atoms with Gasteiger partial charge in [-0.1, -0.05) is 12.1 Å². The number of ether oxygens (including phenoxy) is 1. The SMILES string of the molecule is COc1cccc(-c2ccnc(C(C)(C)N)n2)c1. The van der Waals surface area contributed by atoms with E-state index in [4.69, 9.17) is 10.5 Å². The lowest BCUT2D eigenvalue weighted by Crippen LogP contribution is -2.31. The number of rotatable bonds is 3. The molecule has 0 saturated heterocycles. The molecule has 1 aromatic carbocycles. The smallest absolute Gasteiger partial charge is 0.148 e. The monoisotopic (exact) mass is 243 g/mol. The molecule has 0 fully saturated rings. The Kier molecular flexibility index (Phi) is 3.30. The molecule has 2 rings (SSSR count). The van der Waals surface area contributed by atoms with Gasteiger partial charge in [-0.3, -0.25) is 0 Å². The molecular formula is C14H17N3O. The molecule has 4 nitrogen and oxygen atoms in total. The average Bonchev–Trinajstić information content (AvgIpc) is 2.38. The zero-order valence-corrected chi connectivity index (χ0v) is 10.8. The average molecular weight is 243 g/mol. The van der Waals surface area contributed by atoms with Crippen molar-refractivity contribution in [2.75, 3.05) is 7.11 Å². The molecule has 1 aromatic heterocycles. The summed E-state index contributed by atoms with van der Waals surface area (Å²) in [6.45, 7) is 3.77. The van der Waals surface area contributed by atoms with E-state index in [0.717, 1.165) is 17.0 Å². The summed E-state index contributed by atoms with van der Waals surface area (Å²) < 4.78 is 5.21. The number of hydrogen-bond acceptors (Lipinski definition) is 4. The molecule has 0 aliphatic carbocycles. The van der Waals surface area contributed by atoms with Gasteiger partial charge in [0.05, 0.1) is 18.3 Å². The molecule has 0 aliphatic heterocycles. The molecule has 2 aromatic rings. The fourth-order valence-electron chi connectivity index (χ4n) is 1.61. The Morgan fingerprint density at radius 1 is 1.22 bits per heavy atom. The van der Waals surface area contributed by atoms with Crippen molar-refractivity contribution >= 4 is 0 Å². The maximum atomic E-state index is 6.01. The van der Waals surface area contributed by atoms with E-state index in [-0.39, 0.29) is 0 Å². The predicted molar refractivity (Wildman–Crippen MR) is 71.2 cm³/mol. The maximum absolute atomic E-state index is 6.01. The van der Waals surface area contributed by atoms with Gasteiger partial charge in [0.25, 0.3) is 0 Å². The molecule has 2 N–H and O–H groups in total. The highest BCUT2D eigenvalue weighted by molar-refractivity contribution is 5.60. The zero-order chi connectivity index (χ0) is 13.2. The second-order valence-corrected chi connectivity index (χ2v) is 4.72. The minimum absolute atomic E-state index is 0.547. The van der Waals surface area contributed by atoms with Gasteiger partial charge in [0, 0.05) is 11.8 Å². The summed E-state index contributed by atoms with van der Waals surface area (Å²) in [5, 5.41) is 0. The first kappa shape index (κ1) is 12.5. The molecule has 0 unspecified atom stereocenters. The van der Waals surface area contributed by atoms with E-state index >= 15 is 0 Å². The summed E-state index contributed by atoms with van der Waals surface area (Å²) in [7, 11) is 1.65. The van der Waals surface area contributed by atoms with Crippen LogP contribution in [0.4, 0.5) is 0 Å². The highest BCUT2D eigenvalue weighted by Gasteiger charge is 2.18. The summed E-state index contributed by atoms with van der Waals surface area (Å²) in [5.74, 6) is 1.43. The Balaban J connectivity index is 2.44. The van der Waals surface area contributed by atoms with Crippen LogP contribution in [0.2, 0.25) is 0 Å². The zero-order valence-electron chi connectivity index (χ0n) is 10.8. The minimum Gasteiger partial charge on any atom is -0.497 e. The summed E-state index contributed by atoms with van der Waals surface area (Å²) in [6.07, 6.45) is 1.73. The fourth-order valence-corrected chi connectivity index (χ4v) is 1.61. The van der Waals surface area contributed by atoms with Gasteiger partial charge >= 0.3 is 0 Å². The maximum Gasteiger partial charge on any atom is 0.148 e. The number of benzene rings is 1. The topological polar surface area (TPSA) is 61.0 Å². The molecule has 0 amide bonds. The van der Waals surface area contributed by atoms with Crippen molar-refractivity contribution < 1.29 is 4.74 Å². The van der Waals surface area contributed by atoms with Crippen molar-refractivity contribution in [3.05, 3.63) is 42.4 Å². The Morgan fingerprint density at radius 2 is 2.00 bits per heavy atom. The fraction of sp³-hybridized carbons (Fsp3) is 0.286. The predicted octanol–water partition coefficient (Wildman–Crippen LogP) is 2.35. The molecule has 4 heteroatoms. The van der Waals surface area contributed by atoms with Crippen molar-refractivity contribution in [3.63, 3.8) is 0 Å². The Hall–Kier alpha value is -1.94. The highest BCUT2D eigenvalue weighted by atomic mass is 16.5. The first-order valence-corrected chi connectivity index (χ1v) is 5.77. The van der Waals surface area contributed by atoms with Crippen LogP contribution in [0, 0.1) is 0 Å². The third-order valence-corrected chi connectivity index (χ3v) is 2.60. The Morgan fingerprint density at radius 3 is 2.67 bits per heavy atom. The van der Waals surface area contributed by atoms with E-state index in [9.17, 15) is 0 Å². The molecule has 0 bridgehead atoms. The first-order valence-electron chi connectivity index (χ1n) is 5.77. The molecular weight excluding hydrogens is 226 g/mol. The van der Waals surface area contributed by atoms with Gasteiger partial charge in [0.15, 0.2) is 0 Å². The van der Waals surface area contributed by atoms with Crippen molar-refractivity contribution in [2.45, 2.75) is 19.4 Å². The van der Waals surface area contributed by atoms with Crippen LogP contribution in [0.1, 0.15) is 19.7 Å². The van der Waals surface area contributed by atoms with E-state index in [0.29, 0.717) is 5.82 Å². The summed E-state index contributed by atoms with van der Waals surface area (Å²) in [4.78, 5) is 8.71. The molecule has 0 radical (unpaired) electrons. The van der Waals surface area contributed by atoms with Gasteiger partial charge in [-0.05, 0) is 32.0 Å². The number of methoxy groups -OCH3 is 1. The number of nitrogens with two attached hydrogens (primary N) is 1. The number of nitrogens with zero attached hydrogens (tertiary/aromatic N) is 2. The van der Waals surface area contributed by atoms with Gasteiger partial charge in [-0.15, -0.1) is 0 Å². The van der Waals surface area contributed by atoms with Gasteiger partial charge in [0.2, 0.25) is 0 Å². The van der Waals surface area contributed by atoms with Crippen molar-refractivity contribution in [1.29, 1.82) is 0 Å².